The molecule has 4 nitrogen and oxygen atoms in total. The summed E-state index contributed by atoms with van der Waals surface area (Å²) in [7, 11) is 0. The molecule has 0 aliphatic carbocycles. The van der Waals surface area contributed by atoms with E-state index in [0.29, 0.717) is 11.7 Å². The van der Waals surface area contributed by atoms with E-state index in [0.717, 1.165) is 29.7 Å². The Balaban J connectivity index is 2.23. The monoisotopic (exact) mass is 189 g/mol. The van der Waals surface area contributed by atoms with Gasteiger partial charge in [0.2, 0.25) is 0 Å². The van der Waals surface area contributed by atoms with Crippen molar-refractivity contribution in [2.75, 3.05) is 13.1 Å². The maximum Gasteiger partial charge on any atom is 0.126 e. The molecule has 0 spiro atoms. The standard InChI is InChI=1S/C10H11N3O/c14-8-3-1-2-7-9(8)10(13-12-7)6-4-11-5-6/h1-3,6,11,14H,4-5H2,(H,12,13). The van der Waals surface area contributed by atoms with Crippen molar-refractivity contribution >= 4 is 10.9 Å². The molecule has 1 fully saturated rings. The van der Waals surface area contributed by atoms with E-state index in [1.165, 1.54) is 0 Å². The second kappa shape index (κ2) is 2.72. The molecule has 1 aromatic heterocycles. The van der Waals surface area contributed by atoms with Crippen LogP contribution in [0.15, 0.2) is 18.2 Å². The highest BCUT2D eigenvalue weighted by molar-refractivity contribution is 5.87. The molecule has 0 radical (unpaired) electrons. The summed E-state index contributed by atoms with van der Waals surface area (Å²) < 4.78 is 0. The predicted octanol–water partition coefficient (Wildman–Crippen LogP) is 0.955. The lowest BCUT2D eigenvalue weighted by Gasteiger charge is -2.26. The van der Waals surface area contributed by atoms with E-state index in [-0.39, 0.29) is 0 Å². The summed E-state index contributed by atoms with van der Waals surface area (Å²) in [6.45, 7) is 1.93. The molecule has 0 bridgehead atoms. The lowest BCUT2D eigenvalue weighted by molar-refractivity contribution is 0.438. The molecule has 2 heterocycles. The first-order chi connectivity index (χ1) is 6.86. The van der Waals surface area contributed by atoms with Crippen molar-refractivity contribution in [2.45, 2.75) is 5.92 Å². The molecule has 1 aliphatic rings. The number of phenolic OH excluding ortho intramolecular Hbond substituents is 1. The van der Waals surface area contributed by atoms with Crippen LogP contribution in [-0.2, 0) is 0 Å². The third-order valence-corrected chi connectivity index (χ3v) is 2.78. The number of phenols is 1. The van der Waals surface area contributed by atoms with Gasteiger partial charge >= 0.3 is 0 Å². The second-order valence-corrected chi connectivity index (χ2v) is 3.66. The minimum Gasteiger partial charge on any atom is -0.507 e. The van der Waals surface area contributed by atoms with Gasteiger partial charge in [-0.25, -0.2) is 0 Å². The van der Waals surface area contributed by atoms with Crippen LogP contribution in [0.2, 0.25) is 0 Å². The number of aromatic hydroxyl groups is 1. The SMILES string of the molecule is Oc1cccc2n[nH]c(C3CNC3)c12. The molecule has 1 aliphatic heterocycles. The van der Waals surface area contributed by atoms with E-state index in [1.807, 2.05) is 6.07 Å². The fourth-order valence-corrected chi connectivity index (χ4v) is 1.86. The highest BCUT2D eigenvalue weighted by Crippen LogP contribution is 2.31. The molecule has 0 saturated carbocycles. The summed E-state index contributed by atoms with van der Waals surface area (Å²) >= 11 is 0. The maximum atomic E-state index is 9.73. The van der Waals surface area contributed by atoms with Crippen molar-refractivity contribution in [3.05, 3.63) is 23.9 Å². The van der Waals surface area contributed by atoms with E-state index >= 15 is 0 Å². The highest BCUT2D eigenvalue weighted by atomic mass is 16.3. The summed E-state index contributed by atoms with van der Waals surface area (Å²) in [6.07, 6.45) is 0. The third kappa shape index (κ3) is 0.943. The van der Waals surface area contributed by atoms with Crippen LogP contribution in [0.1, 0.15) is 11.6 Å². The molecule has 1 saturated heterocycles. The number of hydrogen-bond acceptors (Lipinski definition) is 3. The Hall–Kier alpha value is -1.55. The van der Waals surface area contributed by atoms with Gasteiger partial charge < -0.3 is 10.4 Å². The number of rotatable bonds is 1. The lowest BCUT2D eigenvalue weighted by atomic mass is 9.96. The van der Waals surface area contributed by atoms with Gasteiger partial charge in [0.05, 0.1) is 16.6 Å². The van der Waals surface area contributed by atoms with Crippen LogP contribution in [-0.4, -0.2) is 28.4 Å². The summed E-state index contributed by atoms with van der Waals surface area (Å²) in [5.41, 5.74) is 1.89. The topological polar surface area (TPSA) is 60.9 Å². The van der Waals surface area contributed by atoms with Crippen LogP contribution in [0.4, 0.5) is 0 Å². The normalized spacial score (nSPS) is 17.1. The maximum absolute atomic E-state index is 9.73. The molecule has 0 unspecified atom stereocenters. The first kappa shape index (κ1) is 7.82. The minimum absolute atomic E-state index is 0.318. The lowest BCUT2D eigenvalue weighted by Crippen LogP contribution is -2.40. The van der Waals surface area contributed by atoms with Crippen molar-refractivity contribution in [1.29, 1.82) is 0 Å². The van der Waals surface area contributed by atoms with Crippen LogP contribution < -0.4 is 5.32 Å². The van der Waals surface area contributed by atoms with Gasteiger partial charge in [0, 0.05) is 19.0 Å². The Bertz CT molecular complexity index is 473. The number of H-pyrrole nitrogens is 1. The number of nitrogens with one attached hydrogen (secondary N) is 2. The van der Waals surface area contributed by atoms with E-state index in [1.54, 1.807) is 12.1 Å². The number of fused-ring (bicyclic) bond motifs is 1. The van der Waals surface area contributed by atoms with Gasteiger partial charge in [0.25, 0.3) is 0 Å². The Morgan fingerprint density at radius 1 is 1.36 bits per heavy atom. The Morgan fingerprint density at radius 3 is 2.93 bits per heavy atom. The molecule has 1 aromatic carbocycles. The summed E-state index contributed by atoms with van der Waals surface area (Å²) in [5, 5.41) is 21.0. The van der Waals surface area contributed by atoms with Crippen molar-refractivity contribution in [1.82, 2.24) is 15.5 Å². The van der Waals surface area contributed by atoms with Gasteiger partial charge in [0.1, 0.15) is 5.75 Å². The fourth-order valence-electron chi connectivity index (χ4n) is 1.86. The van der Waals surface area contributed by atoms with Gasteiger partial charge in [-0.1, -0.05) is 6.07 Å². The van der Waals surface area contributed by atoms with E-state index in [2.05, 4.69) is 15.5 Å². The summed E-state index contributed by atoms with van der Waals surface area (Å²) in [4.78, 5) is 0. The van der Waals surface area contributed by atoms with Gasteiger partial charge in [-0.2, -0.15) is 5.10 Å². The van der Waals surface area contributed by atoms with Crippen molar-refractivity contribution in [2.24, 2.45) is 0 Å². The quantitative estimate of drug-likeness (QED) is 0.626. The summed E-state index contributed by atoms with van der Waals surface area (Å²) in [6, 6.07) is 5.41. The first-order valence-corrected chi connectivity index (χ1v) is 4.73. The van der Waals surface area contributed by atoms with Crippen molar-refractivity contribution < 1.29 is 5.11 Å². The number of hydrogen-bond donors (Lipinski definition) is 3. The Morgan fingerprint density at radius 2 is 2.21 bits per heavy atom. The molecule has 72 valence electrons. The third-order valence-electron chi connectivity index (χ3n) is 2.78. The van der Waals surface area contributed by atoms with Crippen molar-refractivity contribution in [3.63, 3.8) is 0 Å². The zero-order chi connectivity index (χ0) is 9.54. The molecule has 3 N–H and O–H groups in total. The van der Waals surface area contributed by atoms with Gasteiger partial charge in [0.15, 0.2) is 0 Å². The van der Waals surface area contributed by atoms with Crippen LogP contribution in [0.5, 0.6) is 5.75 Å². The highest BCUT2D eigenvalue weighted by Gasteiger charge is 2.24. The van der Waals surface area contributed by atoms with Crippen LogP contribution in [0.3, 0.4) is 0 Å². The molecule has 3 rings (SSSR count). The van der Waals surface area contributed by atoms with Crippen molar-refractivity contribution in [3.8, 4) is 5.75 Å². The number of benzene rings is 1. The molecule has 0 atom stereocenters. The van der Waals surface area contributed by atoms with Crippen LogP contribution >= 0.6 is 0 Å². The predicted molar refractivity (Wildman–Crippen MR) is 53.4 cm³/mol. The smallest absolute Gasteiger partial charge is 0.126 e. The first-order valence-electron chi connectivity index (χ1n) is 4.73. The molecule has 2 aromatic rings. The summed E-state index contributed by atoms with van der Waals surface area (Å²) in [5.74, 6) is 0.784. The molecule has 0 amide bonds. The Kier molecular flexibility index (Phi) is 1.52. The molecule has 14 heavy (non-hydrogen) atoms. The van der Waals surface area contributed by atoms with Crippen LogP contribution in [0, 0.1) is 0 Å². The fraction of sp³-hybridized carbons (Fsp3) is 0.300. The largest absolute Gasteiger partial charge is 0.507 e. The second-order valence-electron chi connectivity index (χ2n) is 3.66. The Labute approximate surface area is 80.9 Å². The average molecular weight is 189 g/mol. The van der Waals surface area contributed by atoms with Crippen LogP contribution in [0.25, 0.3) is 10.9 Å². The number of aromatic amines is 1. The van der Waals surface area contributed by atoms with E-state index in [4.69, 9.17) is 0 Å². The van der Waals surface area contributed by atoms with E-state index < -0.39 is 0 Å². The van der Waals surface area contributed by atoms with Gasteiger partial charge in [-0.05, 0) is 12.1 Å². The number of aromatic nitrogens is 2. The molecular formula is C10H11N3O. The minimum atomic E-state index is 0.318. The molecular weight excluding hydrogens is 178 g/mol. The molecule has 4 heteroatoms. The zero-order valence-electron chi connectivity index (χ0n) is 7.62. The van der Waals surface area contributed by atoms with Gasteiger partial charge in [-0.15, -0.1) is 0 Å². The zero-order valence-corrected chi connectivity index (χ0v) is 7.62. The van der Waals surface area contributed by atoms with E-state index in [9.17, 15) is 5.11 Å². The van der Waals surface area contributed by atoms with Gasteiger partial charge in [-0.3, -0.25) is 5.10 Å². The average Bonchev–Trinajstić information content (AvgIpc) is 2.47. The number of nitrogens with zero attached hydrogens (tertiary/aromatic N) is 1.